The van der Waals surface area contributed by atoms with Gasteiger partial charge in [0.15, 0.2) is 0 Å². The first-order chi connectivity index (χ1) is 20.1. The van der Waals surface area contributed by atoms with Gasteiger partial charge in [-0.15, -0.1) is 0 Å². The monoisotopic (exact) mass is 612 g/mol. The summed E-state index contributed by atoms with van der Waals surface area (Å²) in [5.41, 5.74) is 7.47. The van der Waals surface area contributed by atoms with Crippen LogP contribution < -0.4 is 4.74 Å². The van der Waals surface area contributed by atoms with Gasteiger partial charge in [0.05, 0.1) is 36.1 Å². The topological polar surface area (TPSA) is 81.8 Å². The molecule has 42 heavy (non-hydrogen) atoms. The Labute approximate surface area is 256 Å². The summed E-state index contributed by atoms with van der Waals surface area (Å²) in [5, 5.41) is 17.5. The fraction of sp³-hybridized carbons (Fsp3) is 0.438. The molecule has 0 unspecified atom stereocenters. The molecule has 2 aromatic heterocycles. The van der Waals surface area contributed by atoms with E-state index in [2.05, 4.69) is 10.00 Å². The molecule has 1 fully saturated rings. The molecule has 8 nitrogen and oxygen atoms in total. The van der Waals surface area contributed by atoms with Crippen LogP contribution in [-0.2, 0) is 24.8 Å². The van der Waals surface area contributed by atoms with E-state index in [0.717, 1.165) is 74.0 Å². The first kappa shape index (κ1) is 30.4. The van der Waals surface area contributed by atoms with Crippen LogP contribution >= 0.6 is 23.2 Å². The lowest BCUT2D eigenvalue weighted by atomic mass is 9.98. The smallest absolute Gasteiger partial charge is 0.352 e. The highest BCUT2D eigenvalue weighted by atomic mass is 35.5. The predicted octanol–water partition coefficient (Wildman–Crippen LogP) is 6.62. The molecule has 1 aliphatic rings. The van der Waals surface area contributed by atoms with Gasteiger partial charge >= 0.3 is 5.97 Å². The number of hydrogen-bond acceptors (Lipinski definition) is 5. The molecule has 0 bridgehead atoms. The fourth-order valence-electron chi connectivity index (χ4n) is 6.08. The minimum atomic E-state index is -0.949. The van der Waals surface area contributed by atoms with Crippen molar-refractivity contribution in [2.45, 2.75) is 47.1 Å². The number of benzene rings is 2. The molecule has 10 heteroatoms. The number of hydrogen-bond donors (Lipinski definition) is 1. The number of carboxylic acids is 1. The van der Waals surface area contributed by atoms with Gasteiger partial charge in [-0.05, 0) is 75.4 Å². The van der Waals surface area contributed by atoms with Gasteiger partial charge in [0, 0.05) is 60.5 Å². The van der Waals surface area contributed by atoms with Crippen molar-refractivity contribution in [2.24, 2.45) is 7.05 Å². The van der Waals surface area contributed by atoms with E-state index < -0.39 is 5.97 Å². The first-order valence-corrected chi connectivity index (χ1v) is 15.1. The van der Waals surface area contributed by atoms with Crippen molar-refractivity contribution in [1.82, 2.24) is 19.2 Å². The largest absolute Gasteiger partial charge is 0.494 e. The summed E-state index contributed by atoms with van der Waals surface area (Å²) in [4.78, 5) is 15.3. The molecule has 0 amide bonds. The number of halogens is 2. The molecule has 0 saturated carbocycles. The lowest BCUT2D eigenvalue weighted by Gasteiger charge is -2.27. The van der Waals surface area contributed by atoms with Gasteiger partial charge in [0.2, 0.25) is 0 Å². The first-order valence-electron chi connectivity index (χ1n) is 14.4. The summed E-state index contributed by atoms with van der Waals surface area (Å²) in [5.74, 6) is -0.188. The Bertz CT molecular complexity index is 1610. The molecule has 3 heterocycles. The fourth-order valence-corrected chi connectivity index (χ4v) is 6.44. The number of morpholine rings is 1. The lowest BCUT2D eigenvalue weighted by Crippen LogP contribution is -2.38. The van der Waals surface area contributed by atoms with Crippen LogP contribution in [0.25, 0.3) is 22.0 Å². The van der Waals surface area contributed by atoms with Crippen molar-refractivity contribution >= 4 is 40.1 Å². The molecule has 0 atom stereocenters. The van der Waals surface area contributed by atoms with Gasteiger partial charge < -0.3 is 19.1 Å². The molecule has 2 aromatic carbocycles. The summed E-state index contributed by atoms with van der Waals surface area (Å²) >= 11 is 13.3. The summed E-state index contributed by atoms with van der Waals surface area (Å²) in [6.45, 7) is 12.6. The lowest BCUT2D eigenvalue weighted by molar-refractivity contribution is 0.0362. The summed E-state index contributed by atoms with van der Waals surface area (Å²) < 4.78 is 15.4. The van der Waals surface area contributed by atoms with Gasteiger partial charge in [-0.25, -0.2) is 4.79 Å². The van der Waals surface area contributed by atoms with Crippen LogP contribution in [0, 0.1) is 27.7 Å². The van der Waals surface area contributed by atoms with Crippen LogP contribution in [0.2, 0.25) is 10.0 Å². The number of ether oxygens (including phenoxy) is 2. The van der Waals surface area contributed by atoms with Crippen LogP contribution in [0.5, 0.6) is 5.75 Å². The van der Waals surface area contributed by atoms with Crippen LogP contribution in [0.4, 0.5) is 0 Å². The van der Waals surface area contributed by atoms with Crippen LogP contribution in [0.1, 0.15) is 45.0 Å². The molecule has 0 aliphatic carbocycles. The molecule has 4 aromatic rings. The zero-order chi connectivity index (χ0) is 30.1. The highest BCUT2D eigenvalue weighted by molar-refractivity contribution is 6.35. The highest BCUT2D eigenvalue weighted by Gasteiger charge is 2.28. The maximum atomic E-state index is 12.9. The Morgan fingerprint density at radius 1 is 1.05 bits per heavy atom. The van der Waals surface area contributed by atoms with Crippen molar-refractivity contribution in [2.75, 3.05) is 39.5 Å². The Morgan fingerprint density at radius 3 is 2.36 bits per heavy atom. The van der Waals surface area contributed by atoms with E-state index >= 15 is 0 Å². The number of fused-ring (bicyclic) bond motifs is 1. The van der Waals surface area contributed by atoms with E-state index in [9.17, 15) is 9.90 Å². The van der Waals surface area contributed by atoms with Crippen molar-refractivity contribution in [3.63, 3.8) is 0 Å². The molecular formula is C32H38Cl2N4O4. The third-order valence-electron chi connectivity index (χ3n) is 8.23. The summed E-state index contributed by atoms with van der Waals surface area (Å²) in [6.07, 6.45) is 1.19. The number of carbonyl (C=O) groups is 1. The number of aryl methyl sites for hydroxylation is 5. The summed E-state index contributed by atoms with van der Waals surface area (Å²) in [7, 11) is 1.91. The quantitative estimate of drug-likeness (QED) is 0.203. The van der Waals surface area contributed by atoms with Crippen molar-refractivity contribution in [1.29, 1.82) is 0 Å². The SMILES string of the molecule is Cc1cc(OCCCc2c(C(=O)O)n(CCN3CCOCC3)c3c(-c4c(C)nn(C)c4C)c(Cl)ccc23)cc(C)c1Cl. The third-order valence-corrected chi connectivity index (χ3v) is 9.14. The third kappa shape index (κ3) is 5.91. The highest BCUT2D eigenvalue weighted by Crippen LogP contribution is 2.42. The van der Waals surface area contributed by atoms with E-state index in [4.69, 9.17) is 32.7 Å². The van der Waals surface area contributed by atoms with Crippen molar-refractivity contribution in [3.05, 3.63) is 68.1 Å². The van der Waals surface area contributed by atoms with Crippen LogP contribution in [0.3, 0.4) is 0 Å². The Morgan fingerprint density at radius 2 is 1.74 bits per heavy atom. The minimum Gasteiger partial charge on any atom is -0.494 e. The second-order valence-corrected chi connectivity index (χ2v) is 11.8. The van der Waals surface area contributed by atoms with Gasteiger partial charge in [0.1, 0.15) is 11.4 Å². The molecule has 224 valence electrons. The van der Waals surface area contributed by atoms with Gasteiger partial charge in [-0.2, -0.15) is 5.10 Å². The molecule has 1 saturated heterocycles. The second-order valence-electron chi connectivity index (χ2n) is 11.0. The molecule has 0 spiro atoms. The zero-order valence-electron chi connectivity index (χ0n) is 24.9. The maximum Gasteiger partial charge on any atom is 0.352 e. The Balaban J connectivity index is 1.56. The van der Waals surface area contributed by atoms with E-state index in [1.54, 1.807) is 0 Å². The van der Waals surface area contributed by atoms with Gasteiger partial charge in [-0.1, -0.05) is 29.3 Å². The van der Waals surface area contributed by atoms with Crippen LogP contribution in [0.15, 0.2) is 24.3 Å². The van der Waals surface area contributed by atoms with Crippen molar-refractivity contribution in [3.8, 4) is 16.9 Å². The van der Waals surface area contributed by atoms with Crippen LogP contribution in [-0.4, -0.2) is 69.8 Å². The average molecular weight is 614 g/mol. The molecular weight excluding hydrogens is 575 g/mol. The zero-order valence-corrected chi connectivity index (χ0v) is 26.4. The number of rotatable bonds is 10. The van der Waals surface area contributed by atoms with Gasteiger partial charge in [-0.3, -0.25) is 9.58 Å². The summed E-state index contributed by atoms with van der Waals surface area (Å²) in [6, 6.07) is 7.70. The average Bonchev–Trinajstić information content (AvgIpc) is 3.41. The van der Waals surface area contributed by atoms with E-state index in [1.165, 1.54) is 0 Å². The second kappa shape index (κ2) is 12.7. The van der Waals surface area contributed by atoms with Crippen molar-refractivity contribution < 1.29 is 19.4 Å². The number of aromatic carboxylic acids is 1. The van der Waals surface area contributed by atoms with Gasteiger partial charge in [0.25, 0.3) is 0 Å². The van der Waals surface area contributed by atoms with E-state index in [0.29, 0.717) is 56.5 Å². The number of nitrogens with zero attached hydrogens (tertiary/aromatic N) is 4. The standard InChI is InChI=1S/C32H38Cl2N4O4/c1-19-17-23(18-20(2)29(19)34)42-14-6-7-24-25-8-9-26(33)28(27-21(3)35-36(5)22(27)4)30(25)38(31(24)32(39)40)11-10-37-12-15-41-16-13-37/h8-9,17-18H,6-7,10-16H2,1-5H3,(H,39,40). The Kier molecular flexibility index (Phi) is 9.18. The molecule has 0 radical (unpaired) electrons. The maximum absolute atomic E-state index is 12.9. The minimum absolute atomic E-state index is 0.305. The Hall–Kier alpha value is -3.04. The normalized spacial score (nSPS) is 14.2. The number of aromatic nitrogens is 3. The number of carboxylic acid groups (broad SMARTS) is 1. The molecule has 5 rings (SSSR count). The molecule has 1 aliphatic heterocycles. The molecule has 1 N–H and O–H groups in total. The predicted molar refractivity (Wildman–Crippen MR) is 168 cm³/mol. The van der Waals surface area contributed by atoms with E-state index in [-0.39, 0.29) is 0 Å². The van der Waals surface area contributed by atoms with E-state index in [1.807, 2.05) is 68.3 Å².